The number of carbonyl (C=O) groups excluding carboxylic acids is 2. The second kappa shape index (κ2) is 6.62. The predicted octanol–water partition coefficient (Wildman–Crippen LogP) is 1.85. The molecule has 1 saturated heterocycles. The molecule has 120 valence electrons. The van der Waals surface area contributed by atoms with Crippen molar-refractivity contribution < 1.29 is 18.7 Å². The van der Waals surface area contributed by atoms with Crippen molar-refractivity contribution in [3.05, 3.63) is 34.6 Å². The number of ether oxygens (including phenoxy) is 1. The van der Waals surface area contributed by atoms with Gasteiger partial charge in [0.15, 0.2) is 0 Å². The summed E-state index contributed by atoms with van der Waals surface area (Å²) >= 11 is 5.97. The first kappa shape index (κ1) is 16.7. The van der Waals surface area contributed by atoms with Crippen LogP contribution in [-0.4, -0.2) is 49.6 Å². The zero-order chi connectivity index (χ0) is 16.3. The first-order valence-corrected chi connectivity index (χ1v) is 7.32. The van der Waals surface area contributed by atoms with Crippen LogP contribution >= 0.6 is 11.6 Å². The van der Waals surface area contributed by atoms with Gasteiger partial charge < -0.3 is 15.0 Å². The van der Waals surface area contributed by atoms with E-state index in [1.165, 1.54) is 31.2 Å². The first-order chi connectivity index (χ1) is 10.5. The lowest BCUT2D eigenvalue weighted by molar-refractivity contribution is -0.133. The number of hydrogen-bond donors (Lipinski definition) is 1. The minimum atomic E-state index is -1.06. The summed E-state index contributed by atoms with van der Waals surface area (Å²) in [7, 11) is 3.00. The summed E-state index contributed by atoms with van der Waals surface area (Å²) in [6.45, 7) is 0.514. The average molecular weight is 329 g/mol. The third kappa shape index (κ3) is 2.80. The van der Waals surface area contributed by atoms with E-state index in [4.69, 9.17) is 16.3 Å². The highest BCUT2D eigenvalue weighted by atomic mass is 35.5. The fourth-order valence-corrected chi connectivity index (χ4v) is 3.15. The van der Waals surface area contributed by atoms with Crippen LogP contribution in [0.5, 0.6) is 0 Å². The molecule has 0 saturated carbocycles. The molecule has 0 radical (unpaired) electrons. The van der Waals surface area contributed by atoms with Crippen LogP contribution in [-0.2, 0) is 9.53 Å². The van der Waals surface area contributed by atoms with Crippen molar-refractivity contribution >= 4 is 23.4 Å². The van der Waals surface area contributed by atoms with E-state index in [2.05, 4.69) is 5.32 Å². The van der Waals surface area contributed by atoms with Gasteiger partial charge in [-0.2, -0.15) is 0 Å². The van der Waals surface area contributed by atoms with Gasteiger partial charge in [-0.05, 0) is 31.0 Å². The summed E-state index contributed by atoms with van der Waals surface area (Å²) in [5, 5.41) is 2.61. The zero-order valence-corrected chi connectivity index (χ0v) is 13.2. The number of likely N-dealkylation sites (tertiary alicyclic amines) is 1. The van der Waals surface area contributed by atoms with Crippen molar-refractivity contribution in [2.24, 2.45) is 0 Å². The Morgan fingerprint density at radius 2 is 2.23 bits per heavy atom. The van der Waals surface area contributed by atoms with Gasteiger partial charge in [-0.3, -0.25) is 9.59 Å². The van der Waals surface area contributed by atoms with Crippen molar-refractivity contribution in [1.82, 2.24) is 10.2 Å². The number of benzene rings is 1. The van der Waals surface area contributed by atoms with Crippen LogP contribution in [0.15, 0.2) is 18.2 Å². The molecule has 7 heteroatoms. The third-order valence-corrected chi connectivity index (χ3v) is 4.24. The minimum Gasteiger partial charge on any atom is -0.382 e. The minimum absolute atomic E-state index is 0.0279. The molecule has 22 heavy (non-hydrogen) atoms. The van der Waals surface area contributed by atoms with Crippen molar-refractivity contribution in [2.75, 3.05) is 27.3 Å². The summed E-state index contributed by atoms with van der Waals surface area (Å²) in [6.07, 6.45) is 1.19. The van der Waals surface area contributed by atoms with E-state index in [9.17, 15) is 14.0 Å². The van der Waals surface area contributed by atoms with Gasteiger partial charge in [-0.1, -0.05) is 11.6 Å². The molecule has 1 aromatic rings. The number of hydrogen-bond acceptors (Lipinski definition) is 3. The number of amides is 2. The zero-order valence-electron chi connectivity index (χ0n) is 12.5. The molecule has 1 aromatic carbocycles. The molecule has 2 rings (SSSR count). The fourth-order valence-electron chi connectivity index (χ4n) is 2.91. The van der Waals surface area contributed by atoms with Gasteiger partial charge >= 0.3 is 0 Å². The van der Waals surface area contributed by atoms with E-state index in [1.54, 1.807) is 0 Å². The summed E-state index contributed by atoms with van der Waals surface area (Å²) in [6, 6.07) is 3.59. The highest BCUT2D eigenvalue weighted by Gasteiger charge is 2.49. The van der Waals surface area contributed by atoms with Gasteiger partial charge in [0, 0.05) is 20.7 Å². The van der Waals surface area contributed by atoms with Gasteiger partial charge in [0.05, 0.1) is 17.2 Å². The Hall–Kier alpha value is -1.66. The number of likely N-dealkylation sites (N-methyl/N-ethyl adjacent to an activating group) is 1. The maximum atomic E-state index is 13.2. The molecule has 1 heterocycles. The largest absolute Gasteiger partial charge is 0.382 e. The SMILES string of the molecule is CNC(=O)C1(COC)CCCN1C(=O)c1ccc(F)cc1Cl. The van der Waals surface area contributed by atoms with Crippen molar-refractivity contribution in [3.8, 4) is 0 Å². The van der Waals surface area contributed by atoms with Gasteiger partial charge in [-0.25, -0.2) is 4.39 Å². The molecule has 2 amide bonds. The molecule has 1 aliphatic rings. The standard InChI is InChI=1S/C15H18ClFN2O3/c1-18-14(21)15(9-22-2)6-3-7-19(15)13(20)11-5-4-10(17)8-12(11)16/h4-5,8H,3,6-7,9H2,1-2H3,(H,18,21). The lowest BCUT2D eigenvalue weighted by Gasteiger charge is -2.36. The monoisotopic (exact) mass is 328 g/mol. The fraction of sp³-hybridized carbons (Fsp3) is 0.467. The Labute approximate surface area is 133 Å². The van der Waals surface area contributed by atoms with Crippen LogP contribution in [0.2, 0.25) is 5.02 Å². The molecular formula is C15H18ClFN2O3. The average Bonchev–Trinajstić information content (AvgIpc) is 2.91. The molecule has 0 spiro atoms. The Morgan fingerprint density at radius 1 is 1.50 bits per heavy atom. The second-order valence-electron chi connectivity index (χ2n) is 5.23. The molecule has 1 unspecified atom stereocenters. The quantitative estimate of drug-likeness (QED) is 0.917. The summed E-state index contributed by atoms with van der Waals surface area (Å²) in [4.78, 5) is 26.6. The summed E-state index contributed by atoms with van der Waals surface area (Å²) in [5.74, 6) is -1.20. The van der Waals surface area contributed by atoms with Crippen LogP contribution in [0.4, 0.5) is 4.39 Å². The molecule has 0 aliphatic carbocycles. The molecule has 1 aliphatic heterocycles. The van der Waals surface area contributed by atoms with E-state index in [1.807, 2.05) is 0 Å². The van der Waals surface area contributed by atoms with Crippen molar-refractivity contribution in [2.45, 2.75) is 18.4 Å². The predicted molar refractivity (Wildman–Crippen MR) is 80.4 cm³/mol. The normalized spacial score (nSPS) is 21.0. The number of rotatable bonds is 4. The Kier molecular flexibility index (Phi) is 5.03. The maximum absolute atomic E-state index is 13.2. The van der Waals surface area contributed by atoms with Gasteiger partial charge in [0.25, 0.3) is 5.91 Å². The van der Waals surface area contributed by atoms with Crippen LogP contribution in [0.25, 0.3) is 0 Å². The summed E-state index contributed by atoms with van der Waals surface area (Å²) < 4.78 is 18.3. The van der Waals surface area contributed by atoms with Crippen molar-refractivity contribution in [3.63, 3.8) is 0 Å². The summed E-state index contributed by atoms with van der Waals surface area (Å²) in [5.41, 5.74) is -0.882. The van der Waals surface area contributed by atoms with Gasteiger partial charge in [-0.15, -0.1) is 0 Å². The Bertz CT molecular complexity index is 596. The highest BCUT2D eigenvalue weighted by Crippen LogP contribution is 2.33. The molecule has 0 bridgehead atoms. The number of nitrogens with zero attached hydrogens (tertiary/aromatic N) is 1. The Balaban J connectivity index is 2.40. The molecular weight excluding hydrogens is 311 g/mol. The number of nitrogens with one attached hydrogen (secondary N) is 1. The molecule has 0 aromatic heterocycles. The molecule has 1 atom stereocenters. The highest BCUT2D eigenvalue weighted by molar-refractivity contribution is 6.33. The topological polar surface area (TPSA) is 58.6 Å². The maximum Gasteiger partial charge on any atom is 0.256 e. The molecule has 1 fully saturated rings. The Morgan fingerprint density at radius 3 is 2.82 bits per heavy atom. The first-order valence-electron chi connectivity index (χ1n) is 6.94. The number of methoxy groups -OCH3 is 1. The van der Waals surface area contributed by atoms with Crippen LogP contribution in [0.1, 0.15) is 23.2 Å². The lowest BCUT2D eigenvalue weighted by Crippen LogP contribution is -2.59. The molecule has 1 N–H and O–H groups in total. The van der Waals surface area contributed by atoms with Gasteiger partial charge in [0.2, 0.25) is 5.91 Å². The van der Waals surface area contributed by atoms with Crippen LogP contribution in [0, 0.1) is 5.82 Å². The second-order valence-corrected chi connectivity index (χ2v) is 5.64. The number of carbonyl (C=O) groups is 2. The third-order valence-electron chi connectivity index (χ3n) is 3.93. The smallest absolute Gasteiger partial charge is 0.256 e. The van der Waals surface area contributed by atoms with E-state index >= 15 is 0 Å². The van der Waals surface area contributed by atoms with Crippen LogP contribution < -0.4 is 5.32 Å². The van der Waals surface area contributed by atoms with E-state index in [0.29, 0.717) is 19.4 Å². The van der Waals surface area contributed by atoms with Gasteiger partial charge in [0.1, 0.15) is 11.4 Å². The molecule has 5 nitrogen and oxygen atoms in total. The van der Waals surface area contributed by atoms with Crippen LogP contribution in [0.3, 0.4) is 0 Å². The number of halogens is 2. The van der Waals surface area contributed by atoms with Crippen molar-refractivity contribution in [1.29, 1.82) is 0 Å². The lowest BCUT2D eigenvalue weighted by atomic mass is 9.95. The van der Waals surface area contributed by atoms with E-state index in [0.717, 1.165) is 6.07 Å². The van der Waals surface area contributed by atoms with E-state index in [-0.39, 0.29) is 23.1 Å². The van der Waals surface area contributed by atoms with E-state index < -0.39 is 17.3 Å².